The lowest BCUT2D eigenvalue weighted by molar-refractivity contribution is 0.282. The van der Waals surface area contributed by atoms with E-state index in [9.17, 15) is 4.39 Å². The first-order valence-electron chi connectivity index (χ1n) is 4.61. The molecule has 2 nitrogen and oxygen atoms in total. The first-order valence-corrected chi connectivity index (χ1v) is 4.61. The number of hydrogen-bond acceptors (Lipinski definition) is 2. The Labute approximate surface area is 87.0 Å². The molecule has 0 aliphatic rings. The maximum Gasteiger partial charge on any atom is 0.131 e. The average Bonchev–Trinajstić information content (AvgIpc) is 2.29. The average molecular weight is 203 g/mol. The molecule has 0 saturated carbocycles. The first kappa shape index (κ1) is 9.80. The van der Waals surface area contributed by atoms with Crippen LogP contribution in [0.1, 0.15) is 5.56 Å². The van der Waals surface area contributed by atoms with E-state index >= 15 is 0 Å². The predicted octanol–water partition coefficient (Wildman–Crippen LogP) is 2.38. The molecule has 0 bridgehead atoms. The lowest BCUT2D eigenvalue weighted by Crippen LogP contribution is -1.93. The Balaban J connectivity index is 2.61. The molecule has 0 radical (unpaired) electrons. The number of aliphatic hydroxyl groups excluding tert-OH is 1. The predicted molar refractivity (Wildman–Crippen MR) is 55.6 cm³/mol. The van der Waals surface area contributed by atoms with Gasteiger partial charge in [0.2, 0.25) is 0 Å². The molecule has 1 heterocycles. The summed E-state index contributed by atoms with van der Waals surface area (Å²) in [5.41, 5.74) is 1.76. The molecule has 1 aromatic heterocycles. The number of hydrogen-bond donors (Lipinski definition) is 1. The number of aliphatic hydroxyl groups is 1. The third kappa shape index (κ3) is 1.87. The third-order valence-corrected chi connectivity index (χ3v) is 2.24. The monoisotopic (exact) mass is 203 g/mol. The summed E-state index contributed by atoms with van der Waals surface area (Å²) in [7, 11) is 0. The molecule has 2 aromatic rings. The molecule has 0 unspecified atom stereocenters. The van der Waals surface area contributed by atoms with Crippen molar-refractivity contribution < 1.29 is 9.50 Å². The van der Waals surface area contributed by atoms with Crippen LogP contribution in [0, 0.1) is 5.82 Å². The number of rotatable bonds is 2. The molecule has 0 aliphatic heterocycles. The molecule has 0 fully saturated rings. The number of nitrogens with zero attached hydrogens (tertiary/aromatic N) is 1. The Morgan fingerprint density at radius 1 is 1.13 bits per heavy atom. The van der Waals surface area contributed by atoms with Crippen molar-refractivity contribution in [3.8, 4) is 11.1 Å². The van der Waals surface area contributed by atoms with Gasteiger partial charge in [0.1, 0.15) is 5.82 Å². The normalized spacial score (nSPS) is 10.3. The van der Waals surface area contributed by atoms with E-state index in [4.69, 9.17) is 5.11 Å². The van der Waals surface area contributed by atoms with E-state index in [1.54, 1.807) is 36.7 Å². The van der Waals surface area contributed by atoms with E-state index in [1.165, 1.54) is 6.07 Å². The van der Waals surface area contributed by atoms with Crippen LogP contribution in [-0.2, 0) is 6.61 Å². The van der Waals surface area contributed by atoms with Gasteiger partial charge in [0, 0.05) is 18.0 Å². The van der Waals surface area contributed by atoms with Crippen molar-refractivity contribution in [3.63, 3.8) is 0 Å². The highest BCUT2D eigenvalue weighted by atomic mass is 19.1. The molecule has 0 atom stereocenters. The standard InChI is InChI=1S/C12H10FNO/c13-11-3-1-2-10(8-15)12(11)9-4-6-14-7-5-9/h1-7,15H,8H2. The molecule has 2 rings (SSSR count). The Morgan fingerprint density at radius 2 is 1.87 bits per heavy atom. The van der Waals surface area contributed by atoms with Crippen molar-refractivity contribution in [2.45, 2.75) is 6.61 Å². The topological polar surface area (TPSA) is 33.1 Å². The molecule has 1 N–H and O–H groups in total. The lowest BCUT2D eigenvalue weighted by Gasteiger charge is -2.08. The fraction of sp³-hybridized carbons (Fsp3) is 0.0833. The minimum atomic E-state index is -0.326. The van der Waals surface area contributed by atoms with Gasteiger partial charge in [-0.15, -0.1) is 0 Å². The molecule has 0 amide bonds. The van der Waals surface area contributed by atoms with Crippen molar-refractivity contribution in [1.29, 1.82) is 0 Å². The highest BCUT2D eigenvalue weighted by Crippen LogP contribution is 2.26. The van der Waals surface area contributed by atoms with Gasteiger partial charge in [0.05, 0.1) is 6.61 Å². The third-order valence-electron chi connectivity index (χ3n) is 2.24. The zero-order valence-electron chi connectivity index (χ0n) is 8.02. The van der Waals surface area contributed by atoms with E-state index in [0.29, 0.717) is 11.1 Å². The molecular weight excluding hydrogens is 193 g/mol. The van der Waals surface area contributed by atoms with Gasteiger partial charge in [-0.1, -0.05) is 12.1 Å². The summed E-state index contributed by atoms with van der Waals surface area (Å²) in [6.45, 7) is -0.171. The molecule has 15 heavy (non-hydrogen) atoms. The minimum Gasteiger partial charge on any atom is -0.392 e. The van der Waals surface area contributed by atoms with Crippen LogP contribution in [0.2, 0.25) is 0 Å². The smallest absolute Gasteiger partial charge is 0.131 e. The number of benzene rings is 1. The molecular formula is C12H10FNO. The highest BCUT2D eigenvalue weighted by molar-refractivity contribution is 5.67. The summed E-state index contributed by atoms with van der Waals surface area (Å²) in [6, 6.07) is 8.12. The van der Waals surface area contributed by atoms with Gasteiger partial charge >= 0.3 is 0 Å². The van der Waals surface area contributed by atoms with Crippen LogP contribution < -0.4 is 0 Å². The quantitative estimate of drug-likeness (QED) is 0.812. The van der Waals surface area contributed by atoms with E-state index in [2.05, 4.69) is 4.98 Å². The van der Waals surface area contributed by atoms with Crippen molar-refractivity contribution in [2.24, 2.45) is 0 Å². The molecule has 0 saturated heterocycles. The summed E-state index contributed by atoms with van der Waals surface area (Å²) in [5.74, 6) is -0.326. The maximum absolute atomic E-state index is 13.6. The van der Waals surface area contributed by atoms with Crippen molar-refractivity contribution in [2.75, 3.05) is 0 Å². The fourth-order valence-corrected chi connectivity index (χ4v) is 1.54. The van der Waals surface area contributed by atoms with Crippen LogP contribution >= 0.6 is 0 Å². The second kappa shape index (κ2) is 4.19. The molecule has 3 heteroatoms. The van der Waals surface area contributed by atoms with Gasteiger partial charge in [-0.25, -0.2) is 4.39 Å². The van der Waals surface area contributed by atoms with E-state index < -0.39 is 0 Å². The minimum absolute atomic E-state index is 0.171. The molecule has 1 aromatic carbocycles. The second-order valence-electron chi connectivity index (χ2n) is 3.17. The van der Waals surface area contributed by atoms with Crippen LogP contribution in [0.5, 0.6) is 0 Å². The van der Waals surface area contributed by atoms with E-state index in [0.717, 1.165) is 5.56 Å². The number of pyridine rings is 1. The van der Waals surface area contributed by atoms with Crippen molar-refractivity contribution in [3.05, 3.63) is 54.1 Å². The lowest BCUT2D eigenvalue weighted by atomic mass is 10.0. The van der Waals surface area contributed by atoms with Gasteiger partial charge in [-0.05, 0) is 29.3 Å². The van der Waals surface area contributed by atoms with Crippen LogP contribution in [0.25, 0.3) is 11.1 Å². The largest absolute Gasteiger partial charge is 0.392 e. The van der Waals surface area contributed by atoms with Crippen molar-refractivity contribution >= 4 is 0 Å². The second-order valence-corrected chi connectivity index (χ2v) is 3.17. The maximum atomic E-state index is 13.6. The van der Waals surface area contributed by atoms with E-state index in [-0.39, 0.29) is 12.4 Å². The van der Waals surface area contributed by atoms with Gasteiger partial charge in [-0.3, -0.25) is 4.98 Å². The van der Waals surface area contributed by atoms with Gasteiger partial charge in [0.25, 0.3) is 0 Å². The fourth-order valence-electron chi connectivity index (χ4n) is 1.54. The Morgan fingerprint density at radius 3 is 2.53 bits per heavy atom. The molecule has 76 valence electrons. The zero-order chi connectivity index (χ0) is 10.7. The van der Waals surface area contributed by atoms with Gasteiger partial charge < -0.3 is 5.11 Å². The van der Waals surface area contributed by atoms with Crippen LogP contribution in [0.15, 0.2) is 42.7 Å². The molecule has 0 aliphatic carbocycles. The Kier molecular flexibility index (Phi) is 2.74. The highest BCUT2D eigenvalue weighted by Gasteiger charge is 2.09. The number of aromatic nitrogens is 1. The van der Waals surface area contributed by atoms with Crippen molar-refractivity contribution in [1.82, 2.24) is 4.98 Å². The summed E-state index contributed by atoms with van der Waals surface area (Å²) in [4.78, 5) is 3.87. The SMILES string of the molecule is OCc1cccc(F)c1-c1ccncc1. The van der Waals surface area contributed by atoms with Gasteiger partial charge in [-0.2, -0.15) is 0 Å². The molecule has 0 spiro atoms. The van der Waals surface area contributed by atoms with Gasteiger partial charge in [0.15, 0.2) is 0 Å². The van der Waals surface area contributed by atoms with Crippen LogP contribution in [0.4, 0.5) is 4.39 Å². The summed E-state index contributed by atoms with van der Waals surface area (Å²) in [5, 5.41) is 9.12. The first-order chi connectivity index (χ1) is 7.33. The summed E-state index contributed by atoms with van der Waals surface area (Å²) in [6.07, 6.45) is 3.20. The summed E-state index contributed by atoms with van der Waals surface area (Å²) < 4.78 is 13.6. The summed E-state index contributed by atoms with van der Waals surface area (Å²) >= 11 is 0. The Hall–Kier alpha value is -1.74. The van der Waals surface area contributed by atoms with Crippen LogP contribution in [-0.4, -0.2) is 10.1 Å². The number of halogens is 1. The Bertz CT molecular complexity index is 456. The van der Waals surface area contributed by atoms with E-state index in [1.807, 2.05) is 0 Å². The van der Waals surface area contributed by atoms with Crippen LogP contribution in [0.3, 0.4) is 0 Å². The zero-order valence-corrected chi connectivity index (χ0v) is 8.02.